The van der Waals surface area contributed by atoms with Crippen molar-refractivity contribution in [3.8, 4) is 0 Å². The van der Waals surface area contributed by atoms with Gasteiger partial charge in [0.05, 0.1) is 47.1 Å². The number of hydrogen-bond acceptors (Lipinski definition) is 6. The van der Waals surface area contributed by atoms with Gasteiger partial charge in [0.1, 0.15) is 19.3 Å². The summed E-state index contributed by atoms with van der Waals surface area (Å²) in [6.45, 7) is 10.3. The van der Waals surface area contributed by atoms with Gasteiger partial charge in [0.25, 0.3) is 0 Å². The first-order valence-corrected chi connectivity index (χ1v) is 17.1. The molecule has 2 saturated carbocycles. The Kier molecular flexibility index (Phi) is 10.7. The lowest BCUT2D eigenvalue weighted by Crippen LogP contribution is -2.50. The summed E-state index contributed by atoms with van der Waals surface area (Å²) in [6.07, 6.45) is 17.6. The smallest absolute Gasteiger partial charge is 0.332 e. The lowest BCUT2D eigenvalue weighted by molar-refractivity contribution is -0.870. The Hall–Kier alpha value is -2.06. The molecule has 4 unspecified atom stereocenters. The summed E-state index contributed by atoms with van der Waals surface area (Å²) in [4.78, 5) is 17.0. The summed E-state index contributed by atoms with van der Waals surface area (Å²) in [7, 11) is 6.49. The van der Waals surface area contributed by atoms with Crippen LogP contribution in [0.3, 0.4) is 0 Å². The van der Waals surface area contributed by atoms with Crippen LogP contribution in [-0.4, -0.2) is 88.4 Å². The fourth-order valence-electron chi connectivity index (χ4n) is 8.72. The number of fused-ring (bicyclic) bond motifs is 5. The number of hydrogen-bond donors (Lipinski definition) is 0. The van der Waals surface area contributed by atoms with Gasteiger partial charge in [-0.15, -0.1) is 0 Å². The first-order chi connectivity index (χ1) is 21.0. The van der Waals surface area contributed by atoms with E-state index in [1.165, 1.54) is 36.0 Å². The zero-order valence-corrected chi connectivity index (χ0v) is 28.2. The molecule has 0 spiro atoms. The number of ether oxygens (including phenoxy) is 4. The highest BCUT2D eigenvalue weighted by Gasteiger charge is 2.57. The summed E-state index contributed by atoms with van der Waals surface area (Å²) in [5.74, 6) is 1.85. The third kappa shape index (κ3) is 7.66. The summed E-state index contributed by atoms with van der Waals surface area (Å²) in [5.41, 5.74) is 4.79. The number of quaternary nitrogens is 1. The number of nitrogens with zero attached hydrogens (tertiary/aromatic N) is 2. The summed E-state index contributed by atoms with van der Waals surface area (Å²) in [6, 6.07) is 4.29. The Balaban J connectivity index is 1.03. The predicted octanol–water partition coefficient (Wildman–Crippen LogP) is 6.48. The van der Waals surface area contributed by atoms with E-state index >= 15 is 0 Å². The standard InChI is InChI=1S/C37H57N2O5/c1-27(15-20-41-21-19-39(4,5)6)43-23-22-42-26-35(40)44-30-13-16-36(2)29(24-30)9-10-31-33-12-11-32(28-8-7-18-38-25-28)37(33,3)17-14-34(31)36/h7-9,11,18,25,27,30-31,33-34H,10,12-17,19-24,26H2,1-6H3/q+1/t27?,30-,31?,33?,34?,36-,37+/m0/s1. The molecule has 0 N–H and O–H groups in total. The van der Waals surface area contributed by atoms with Crippen LogP contribution in [0.4, 0.5) is 0 Å². The molecule has 2 fully saturated rings. The minimum atomic E-state index is -0.264. The molecule has 1 aromatic heterocycles. The molecule has 1 aromatic rings. The van der Waals surface area contributed by atoms with Crippen molar-refractivity contribution in [1.82, 2.24) is 4.98 Å². The van der Waals surface area contributed by atoms with E-state index in [2.05, 4.69) is 64.3 Å². The molecule has 0 amide bonds. The Morgan fingerprint density at radius 1 is 1.00 bits per heavy atom. The number of aromatic nitrogens is 1. The molecule has 44 heavy (non-hydrogen) atoms. The van der Waals surface area contributed by atoms with Gasteiger partial charge >= 0.3 is 5.97 Å². The summed E-state index contributed by atoms with van der Waals surface area (Å²) >= 11 is 0. The van der Waals surface area contributed by atoms with Crippen LogP contribution in [0.2, 0.25) is 0 Å². The van der Waals surface area contributed by atoms with Gasteiger partial charge in [-0.25, -0.2) is 4.79 Å². The quantitative estimate of drug-likeness (QED) is 0.104. The third-order valence-electron chi connectivity index (χ3n) is 11.3. The first-order valence-electron chi connectivity index (χ1n) is 17.1. The number of esters is 1. The molecule has 0 aliphatic heterocycles. The van der Waals surface area contributed by atoms with Gasteiger partial charge in [-0.1, -0.05) is 37.6 Å². The number of carbonyl (C=O) groups is 1. The zero-order valence-electron chi connectivity index (χ0n) is 28.2. The highest BCUT2D eigenvalue weighted by atomic mass is 16.6. The molecule has 0 radical (unpaired) electrons. The highest BCUT2D eigenvalue weighted by molar-refractivity contribution is 5.72. The monoisotopic (exact) mass is 609 g/mol. The largest absolute Gasteiger partial charge is 0.460 e. The van der Waals surface area contributed by atoms with Crippen molar-refractivity contribution in [2.24, 2.45) is 28.6 Å². The lowest BCUT2D eigenvalue weighted by atomic mass is 9.47. The SMILES string of the molecule is CC(CCOCC[N+](C)(C)C)OCCOCC(=O)O[C@H]1CC[C@@]2(C)C(=CCC3C2CC[C@]2(C)C(c4cccnc4)=CCC32)C1. The average molecular weight is 610 g/mol. The van der Waals surface area contributed by atoms with E-state index in [9.17, 15) is 4.79 Å². The average Bonchev–Trinajstić information content (AvgIpc) is 3.34. The van der Waals surface area contributed by atoms with E-state index in [1.807, 2.05) is 19.3 Å². The zero-order chi connectivity index (χ0) is 31.4. The number of likely N-dealkylation sites (N-methyl/N-ethyl adjacent to an activating group) is 1. The second kappa shape index (κ2) is 14.1. The molecule has 4 aliphatic rings. The Labute approximate surface area is 266 Å². The van der Waals surface area contributed by atoms with Crippen molar-refractivity contribution in [2.45, 2.75) is 84.3 Å². The van der Waals surface area contributed by atoms with Crippen molar-refractivity contribution in [3.63, 3.8) is 0 Å². The molecule has 4 aliphatic carbocycles. The lowest BCUT2D eigenvalue weighted by Gasteiger charge is -2.57. The molecule has 0 aromatic carbocycles. The second-order valence-corrected chi connectivity index (χ2v) is 15.3. The number of allylic oxidation sites excluding steroid dienone is 3. The van der Waals surface area contributed by atoms with E-state index in [0.29, 0.717) is 37.6 Å². The normalized spacial score (nSPS) is 32.1. The van der Waals surface area contributed by atoms with Crippen molar-refractivity contribution < 1.29 is 28.2 Å². The molecular weight excluding hydrogens is 552 g/mol. The predicted molar refractivity (Wildman–Crippen MR) is 174 cm³/mol. The van der Waals surface area contributed by atoms with Gasteiger partial charge in [0, 0.05) is 25.4 Å². The maximum Gasteiger partial charge on any atom is 0.332 e. The molecule has 1 heterocycles. The van der Waals surface area contributed by atoms with Crippen LogP contribution in [0.15, 0.2) is 42.3 Å². The topological polar surface area (TPSA) is 66.9 Å². The van der Waals surface area contributed by atoms with Gasteiger partial charge in [-0.05, 0) is 97.7 Å². The molecule has 0 bridgehead atoms. The van der Waals surface area contributed by atoms with Gasteiger partial charge < -0.3 is 23.4 Å². The maximum absolute atomic E-state index is 12.6. The van der Waals surface area contributed by atoms with E-state index in [4.69, 9.17) is 18.9 Å². The fraction of sp³-hybridized carbons (Fsp3) is 0.730. The van der Waals surface area contributed by atoms with E-state index in [1.54, 1.807) is 0 Å². The van der Waals surface area contributed by atoms with Crippen LogP contribution in [0.25, 0.3) is 5.57 Å². The van der Waals surface area contributed by atoms with Crippen LogP contribution in [0, 0.1) is 28.6 Å². The molecule has 7 nitrogen and oxygen atoms in total. The maximum atomic E-state index is 12.6. The first kappa shape index (κ1) is 33.3. The van der Waals surface area contributed by atoms with Gasteiger partial charge in [-0.2, -0.15) is 0 Å². The molecular formula is C37H57N2O5+. The van der Waals surface area contributed by atoms with E-state index < -0.39 is 0 Å². The fourth-order valence-corrected chi connectivity index (χ4v) is 8.72. The van der Waals surface area contributed by atoms with Gasteiger partial charge in [-0.3, -0.25) is 4.98 Å². The molecule has 0 saturated heterocycles. The van der Waals surface area contributed by atoms with Crippen molar-refractivity contribution in [1.29, 1.82) is 0 Å². The second-order valence-electron chi connectivity index (χ2n) is 15.3. The Morgan fingerprint density at radius 2 is 1.82 bits per heavy atom. The van der Waals surface area contributed by atoms with Crippen LogP contribution in [0.1, 0.15) is 77.7 Å². The summed E-state index contributed by atoms with van der Waals surface area (Å²) < 4.78 is 24.0. The van der Waals surface area contributed by atoms with Crippen LogP contribution < -0.4 is 0 Å². The molecule has 7 heteroatoms. The summed E-state index contributed by atoms with van der Waals surface area (Å²) in [5, 5.41) is 0. The van der Waals surface area contributed by atoms with Crippen LogP contribution in [-0.2, 0) is 23.7 Å². The van der Waals surface area contributed by atoms with E-state index in [0.717, 1.165) is 49.7 Å². The Bertz CT molecular complexity index is 1180. The third-order valence-corrected chi connectivity index (χ3v) is 11.3. The molecule has 7 atom stereocenters. The van der Waals surface area contributed by atoms with Crippen molar-refractivity contribution in [2.75, 3.05) is 60.7 Å². The van der Waals surface area contributed by atoms with Crippen LogP contribution >= 0.6 is 0 Å². The number of pyridine rings is 1. The van der Waals surface area contributed by atoms with Crippen LogP contribution in [0.5, 0.6) is 0 Å². The van der Waals surface area contributed by atoms with Gasteiger partial charge in [0.2, 0.25) is 0 Å². The number of carbonyl (C=O) groups excluding carboxylic acids is 1. The van der Waals surface area contributed by atoms with E-state index in [-0.39, 0.29) is 35.6 Å². The number of rotatable bonds is 14. The minimum absolute atomic E-state index is 0.0179. The van der Waals surface area contributed by atoms with Crippen molar-refractivity contribution >= 4 is 11.5 Å². The van der Waals surface area contributed by atoms with Crippen molar-refractivity contribution in [3.05, 3.63) is 47.8 Å². The highest BCUT2D eigenvalue weighted by Crippen LogP contribution is 2.66. The van der Waals surface area contributed by atoms with Gasteiger partial charge in [0.15, 0.2) is 0 Å². The minimum Gasteiger partial charge on any atom is -0.460 e. The molecule has 244 valence electrons. The molecule has 5 rings (SSSR count). The Morgan fingerprint density at radius 3 is 2.59 bits per heavy atom.